The summed E-state index contributed by atoms with van der Waals surface area (Å²) in [5.74, 6) is -3.19. The highest BCUT2D eigenvalue weighted by Gasteiger charge is 2.42. The largest absolute Gasteiger partial charge is 0.348 e. The van der Waals surface area contributed by atoms with Gasteiger partial charge in [-0.3, -0.25) is 14.8 Å². The van der Waals surface area contributed by atoms with Gasteiger partial charge in [0.2, 0.25) is 5.91 Å². The summed E-state index contributed by atoms with van der Waals surface area (Å²) in [7, 11) is 1.80. The summed E-state index contributed by atoms with van der Waals surface area (Å²) in [4.78, 5) is 11.9. The van der Waals surface area contributed by atoms with Crippen LogP contribution in [-0.2, 0) is 11.8 Å². The number of nitrogens with zero attached hydrogens (tertiary/aromatic N) is 2. The highest BCUT2D eigenvalue weighted by molar-refractivity contribution is 5.82. The average Bonchev–Trinajstić information content (AvgIpc) is 2.81. The van der Waals surface area contributed by atoms with Crippen LogP contribution in [0.3, 0.4) is 0 Å². The van der Waals surface area contributed by atoms with Gasteiger partial charge in [0.25, 0.3) is 5.92 Å². The lowest BCUT2D eigenvalue weighted by Crippen LogP contribution is -2.41. The van der Waals surface area contributed by atoms with Crippen molar-refractivity contribution in [1.82, 2.24) is 20.4 Å². The van der Waals surface area contributed by atoms with Gasteiger partial charge >= 0.3 is 0 Å². The van der Waals surface area contributed by atoms with Gasteiger partial charge in [-0.1, -0.05) is 0 Å². The molecule has 0 bridgehead atoms. The van der Waals surface area contributed by atoms with Crippen molar-refractivity contribution >= 4 is 5.91 Å². The third-order valence-electron chi connectivity index (χ3n) is 3.30. The molecule has 2 N–H and O–H groups in total. The van der Waals surface area contributed by atoms with E-state index in [1.54, 1.807) is 11.7 Å². The van der Waals surface area contributed by atoms with Crippen LogP contribution in [0, 0.1) is 6.92 Å². The van der Waals surface area contributed by atoms with E-state index in [2.05, 4.69) is 15.7 Å². The van der Waals surface area contributed by atoms with E-state index in [1.165, 1.54) is 0 Å². The molecule has 2 heterocycles. The van der Waals surface area contributed by atoms with Gasteiger partial charge in [0.05, 0.1) is 24.3 Å². The van der Waals surface area contributed by atoms with E-state index in [0.717, 1.165) is 11.3 Å². The summed E-state index contributed by atoms with van der Waals surface area (Å²) in [6.45, 7) is 3.22. The van der Waals surface area contributed by atoms with Gasteiger partial charge < -0.3 is 5.32 Å². The Bertz CT molecular complexity index is 486. The molecule has 0 spiro atoms. The molecule has 1 saturated heterocycles. The first-order valence-electron chi connectivity index (χ1n) is 6.20. The first-order valence-corrected chi connectivity index (χ1v) is 6.20. The van der Waals surface area contributed by atoms with E-state index in [4.69, 9.17) is 0 Å². The Balaban J connectivity index is 1.98. The monoisotopic (exact) mass is 272 g/mol. The maximum atomic E-state index is 13.0. The Hall–Kier alpha value is -1.50. The second kappa shape index (κ2) is 4.88. The van der Waals surface area contributed by atoms with E-state index in [1.807, 2.05) is 20.0 Å². The fourth-order valence-corrected chi connectivity index (χ4v) is 2.34. The van der Waals surface area contributed by atoms with Gasteiger partial charge in [-0.15, -0.1) is 0 Å². The summed E-state index contributed by atoms with van der Waals surface area (Å²) in [6, 6.07) is -1.08. The summed E-state index contributed by atoms with van der Waals surface area (Å²) in [5, 5.41) is 9.47. The lowest BCUT2D eigenvalue weighted by Gasteiger charge is -2.16. The van der Waals surface area contributed by atoms with Crippen LogP contribution in [0.5, 0.6) is 0 Å². The Morgan fingerprint density at radius 2 is 2.37 bits per heavy atom. The van der Waals surface area contributed by atoms with Crippen molar-refractivity contribution in [2.24, 2.45) is 7.05 Å². The quantitative estimate of drug-likeness (QED) is 0.859. The SMILES string of the molecule is Cc1nn(C)cc1C(C)NC(=O)C1CC(F)(F)CN1. The molecule has 1 amide bonds. The van der Waals surface area contributed by atoms with Crippen molar-refractivity contribution < 1.29 is 13.6 Å². The van der Waals surface area contributed by atoms with Crippen LogP contribution >= 0.6 is 0 Å². The first-order chi connectivity index (χ1) is 8.78. The number of halogens is 2. The molecule has 5 nitrogen and oxygen atoms in total. The molecule has 0 saturated carbocycles. The van der Waals surface area contributed by atoms with Gasteiger partial charge in [0.1, 0.15) is 0 Å². The number of amides is 1. The molecule has 106 valence electrons. The van der Waals surface area contributed by atoms with Crippen molar-refractivity contribution in [2.45, 2.75) is 38.3 Å². The van der Waals surface area contributed by atoms with Gasteiger partial charge in [-0.2, -0.15) is 5.10 Å². The number of hydrogen-bond donors (Lipinski definition) is 2. The Kier molecular flexibility index (Phi) is 3.58. The van der Waals surface area contributed by atoms with Gasteiger partial charge in [-0.05, 0) is 13.8 Å². The van der Waals surface area contributed by atoms with Crippen LogP contribution in [0.15, 0.2) is 6.20 Å². The molecule has 1 aromatic heterocycles. The molecule has 19 heavy (non-hydrogen) atoms. The van der Waals surface area contributed by atoms with Gasteiger partial charge in [0, 0.05) is 25.2 Å². The predicted molar refractivity (Wildman–Crippen MR) is 65.9 cm³/mol. The van der Waals surface area contributed by atoms with Crippen molar-refractivity contribution in [3.8, 4) is 0 Å². The molecule has 0 aliphatic carbocycles. The molecule has 2 atom stereocenters. The Morgan fingerprint density at radius 3 is 2.84 bits per heavy atom. The number of aromatic nitrogens is 2. The van der Waals surface area contributed by atoms with Crippen LogP contribution in [0.2, 0.25) is 0 Å². The minimum Gasteiger partial charge on any atom is -0.348 e. The maximum absolute atomic E-state index is 13.0. The van der Waals surface area contributed by atoms with Crippen molar-refractivity contribution in [3.05, 3.63) is 17.5 Å². The Morgan fingerprint density at radius 1 is 1.68 bits per heavy atom. The first kappa shape index (κ1) is 13.9. The second-order valence-corrected chi connectivity index (χ2v) is 5.07. The number of carbonyl (C=O) groups excluding carboxylic acids is 1. The molecule has 1 aliphatic heterocycles. The number of rotatable bonds is 3. The topological polar surface area (TPSA) is 59.0 Å². The zero-order chi connectivity index (χ0) is 14.2. The molecular weight excluding hydrogens is 254 g/mol. The molecular formula is C12H18F2N4O. The molecule has 1 fully saturated rings. The summed E-state index contributed by atoms with van der Waals surface area (Å²) in [5.41, 5.74) is 1.71. The molecule has 0 radical (unpaired) electrons. The maximum Gasteiger partial charge on any atom is 0.262 e. The lowest BCUT2D eigenvalue weighted by atomic mass is 10.1. The number of aryl methyl sites for hydroxylation is 2. The van der Waals surface area contributed by atoms with E-state index in [0.29, 0.717) is 0 Å². The standard InChI is InChI=1S/C12H18F2N4O/c1-7(9-5-18(3)17-8(9)2)16-11(19)10-4-12(13,14)6-15-10/h5,7,10,15H,4,6H2,1-3H3,(H,16,19). The predicted octanol–water partition coefficient (Wildman–Crippen LogP) is 0.903. The normalized spacial score (nSPS) is 23.3. The summed E-state index contributed by atoms with van der Waals surface area (Å²) >= 11 is 0. The third kappa shape index (κ3) is 3.09. The average molecular weight is 272 g/mol. The molecule has 2 unspecified atom stereocenters. The van der Waals surface area contributed by atoms with Crippen LogP contribution in [0.4, 0.5) is 8.78 Å². The molecule has 0 aromatic carbocycles. The van der Waals surface area contributed by atoms with E-state index in [9.17, 15) is 13.6 Å². The fraction of sp³-hybridized carbons (Fsp3) is 0.667. The minimum absolute atomic E-state index is 0.253. The van der Waals surface area contributed by atoms with Crippen LogP contribution in [0.25, 0.3) is 0 Å². The van der Waals surface area contributed by atoms with E-state index < -0.39 is 30.8 Å². The third-order valence-corrected chi connectivity index (χ3v) is 3.30. The molecule has 1 aliphatic rings. The number of nitrogens with one attached hydrogen (secondary N) is 2. The van der Waals surface area contributed by atoms with E-state index >= 15 is 0 Å². The molecule has 1 aromatic rings. The summed E-state index contributed by atoms with van der Waals surface area (Å²) < 4.78 is 27.7. The highest BCUT2D eigenvalue weighted by Crippen LogP contribution is 2.25. The van der Waals surface area contributed by atoms with Crippen LogP contribution in [-0.4, -0.2) is 34.2 Å². The smallest absolute Gasteiger partial charge is 0.262 e. The van der Waals surface area contributed by atoms with Crippen molar-refractivity contribution in [3.63, 3.8) is 0 Å². The van der Waals surface area contributed by atoms with Gasteiger partial charge in [0.15, 0.2) is 0 Å². The zero-order valence-corrected chi connectivity index (χ0v) is 11.2. The van der Waals surface area contributed by atoms with Crippen LogP contribution in [0.1, 0.15) is 30.6 Å². The highest BCUT2D eigenvalue weighted by atomic mass is 19.3. The Labute approximate surface area is 110 Å². The summed E-state index contributed by atoms with van der Waals surface area (Å²) in [6.07, 6.45) is 1.37. The lowest BCUT2D eigenvalue weighted by molar-refractivity contribution is -0.124. The van der Waals surface area contributed by atoms with E-state index in [-0.39, 0.29) is 6.04 Å². The number of carbonyl (C=O) groups is 1. The zero-order valence-electron chi connectivity index (χ0n) is 11.2. The van der Waals surface area contributed by atoms with Crippen LogP contribution < -0.4 is 10.6 Å². The van der Waals surface area contributed by atoms with Crippen molar-refractivity contribution in [1.29, 1.82) is 0 Å². The molecule has 2 rings (SSSR count). The van der Waals surface area contributed by atoms with Crippen molar-refractivity contribution in [2.75, 3.05) is 6.54 Å². The minimum atomic E-state index is -2.80. The fourth-order valence-electron chi connectivity index (χ4n) is 2.34. The number of hydrogen-bond acceptors (Lipinski definition) is 3. The van der Waals surface area contributed by atoms with Gasteiger partial charge in [-0.25, -0.2) is 8.78 Å². The molecule has 7 heteroatoms. The number of alkyl halides is 2. The second-order valence-electron chi connectivity index (χ2n) is 5.07.